The topological polar surface area (TPSA) is 50.8 Å². The molecule has 0 saturated heterocycles. The zero-order chi connectivity index (χ0) is 18.5. The number of hydrogen-bond donors (Lipinski definition) is 1. The van der Waals surface area contributed by atoms with Crippen LogP contribution in [0.2, 0.25) is 0 Å². The van der Waals surface area contributed by atoms with Crippen LogP contribution < -0.4 is 14.8 Å². The molecule has 0 aromatic heterocycles. The highest BCUT2D eigenvalue weighted by Gasteiger charge is 2.23. The van der Waals surface area contributed by atoms with Gasteiger partial charge in [-0.15, -0.1) is 0 Å². The molecule has 1 N–H and O–H groups in total. The number of hydrogen-bond acceptors (Lipinski definition) is 4. The van der Waals surface area contributed by atoms with Crippen molar-refractivity contribution < 1.29 is 14.3 Å². The Bertz CT molecular complexity index is 755. The number of rotatable bonds is 6. The largest absolute Gasteiger partial charge is 0.486 e. The highest BCUT2D eigenvalue weighted by Crippen LogP contribution is 2.31. The van der Waals surface area contributed by atoms with Crippen LogP contribution in [-0.2, 0) is 4.79 Å². The molecule has 1 atom stereocenters. The third-order valence-electron chi connectivity index (χ3n) is 4.59. The van der Waals surface area contributed by atoms with E-state index in [1.165, 1.54) is 0 Å². The quantitative estimate of drug-likeness (QED) is 0.864. The molecule has 0 radical (unpaired) electrons. The smallest absolute Gasteiger partial charge is 0.238 e. The molecule has 138 valence electrons. The number of fused-ring (bicyclic) bond motifs is 1. The van der Waals surface area contributed by atoms with E-state index in [9.17, 15) is 4.79 Å². The molecule has 0 unspecified atom stereocenters. The van der Waals surface area contributed by atoms with Gasteiger partial charge >= 0.3 is 0 Å². The molecular weight excluding hydrogens is 328 g/mol. The molecule has 1 aliphatic rings. The van der Waals surface area contributed by atoms with Crippen molar-refractivity contribution in [2.45, 2.75) is 26.9 Å². The van der Waals surface area contributed by atoms with Crippen LogP contribution in [0, 0.1) is 13.8 Å². The maximum Gasteiger partial charge on any atom is 0.238 e. The summed E-state index contributed by atoms with van der Waals surface area (Å²) in [6, 6.07) is 13.7. The molecule has 5 heteroatoms. The molecule has 1 aliphatic heterocycles. The van der Waals surface area contributed by atoms with E-state index >= 15 is 0 Å². The number of amides is 1. The van der Waals surface area contributed by atoms with Gasteiger partial charge in [-0.2, -0.15) is 0 Å². The molecule has 0 fully saturated rings. The van der Waals surface area contributed by atoms with Gasteiger partial charge in [0.25, 0.3) is 0 Å². The lowest BCUT2D eigenvalue weighted by atomic mass is 10.1. The zero-order valence-corrected chi connectivity index (χ0v) is 15.6. The van der Waals surface area contributed by atoms with Gasteiger partial charge in [-0.1, -0.05) is 37.3 Å². The molecule has 0 saturated carbocycles. The fraction of sp³-hybridized carbons (Fsp3) is 0.381. The van der Waals surface area contributed by atoms with Crippen molar-refractivity contribution in [2.75, 3.05) is 31.6 Å². The first-order valence-electron chi connectivity index (χ1n) is 9.03. The summed E-state index contributed by atoms with van der Waals surface area (Å²) in [5.74, 6) is 1.53. The van der Waals surface area contributed by atoms with Crippen molar-refractivity contribution in [3.63, 3.8) is 0 Å². The van der Waals surface area contributed by atoms with E-state index in [1.807, 2.05) is 63.2 Å². The fourth-order valence-corrected chi connectivity index (χ4v) is 3.14. The van der Waals surface area contributed by atoms with Gasteiger partial charge in [0.15, 0.2) is 11.5 Å². The second kappa shape index (κ2) is 8.23. The summed E-state index contributed by atoms with van der Waals surface area (Å²) in [5.41, 5.74) is 3.05. The molecule has 2 aromatic rings. The van der Waals surface area contributed by atoms with E-state index in [4.69, 9.17) is 9.47 Å². The monoisotopic (exact) mass is 354 g/mol. The number of likely N-dealkylation sites (N-methyl/N-ethyl adjacent to an activating group) is 1. The molecule has 5 nitrogen and oxygen atoms in total. The number of benzene rings is 2. The van der Waals surface area contributed by atoms with Crippen molar-refractivity contribution in [2.24, 2.45) is 0 Å². The first-order chi connectivity index (χ1) is 12.6. The van der Waals surface area contributed by atoms with Crippen LogP contribution in [0.5, 0.6) is 11.5 Å². The Labute approximate surface area is 154 Å². The SMILES string of the molecule is CCN(CC(=O)Nc1c(C)cccc1C)C[C@H]1COc2ccccc2O1. The lowest BCUT2D eigenvalue weighted by Gasteiger charge is -2.30. The van der Waals surface area contributed by atoms with E-state index in [0.717, 1.165) is 34.9 Å². The number of ether oxygens (including phenoxy) is 2. The zero-order valence-electron chi connectivity index (χ0n) is 15.6. The van der Waals surface area contributed by atoms with Crippen molar-refractivity contribution >= 4 is 11.6 Å². The minimum absolute atomic E-state index is 0.0126. The van der Waals surface area contributed by atoms with Crippen molar-refractivity contribution in [1.29, 1.82) is 0 Å². The van der Waals surface area contributed by atoms with E-state index < -0.39 is 0 Å². The summed E-state index contributed by atoms with van der Waals surface area (Å²) in [6.07, 6.45) is -0.0853. The third kappa shape index (κ3) is 4.35. The molecule has 1 heterocycles. The van der Waals surface area contributed by atoms with Gasteiger partial charge in [0.1, 0.15) is 12.7 Å². The normalized spacial score (nSPS) is 15.8. The van der Waals surface area contributed by atoms with Crippen molar-refractivity contribution in [3.8, 4) is 11.5 Å². The predicted molar refractivity (Wildman–Crippen MR) is 103 cm³/mol. The van der Waals surface area contributed by atoms with Gasteiger partial charge in [-0.3, -0.25) is 9.69 Å². The van der Waals surface area contributed by atoms with Gasteiger partial charge in [-0.25, -0.2) is 0 Å². The van der Waals surface area contributed by atoms with Crippen molar-refractivity contribution in [3.05, 3.63) is 53.6 Å². The highest BCUT2D eigenvalue weighted by atomic mass is 16.6. The number of carbonyl (C=O) groups is 1. The molecule has 1 amide bonds. The molecule has 3 rings (SSSR count). The number of anilines is 1. The van der Waals surface area contributed by atoms with Crippen LogP contribution in [0.4, 0.5) is 5.69 Å². The van der Waals surface area contributed by atoms with E-state index in [1.54, 1.807) is 0 Å². The molecule has 0 spiro atoms. The third-order valence-corrected chi connectivity index (χ3v) is 4.59. The number of para-hydroxylation sites is 3. The molecule has 0 bridgehead atoms. The Morgan fingerprint density at radius 2 is 1.81 bits per heavy atom. The molecular formula is C21H26N2O3. The summed E-state index contributed by atoms with van der Waals surface area (Å²) in [6.45, 7) is 8.28. The lowest BCUT2D eigenvalue weighted by molar-refractivity contribution is -0.117. The Morgan fingerprint density at radius 1 is 1.12 bits per heavy atom. The first kappa shape index (κ1) is 18.3. The Hall–Kier alpha value is -2.53. The summed E-state index contributed by atoms with van der Waals surface area (Å²) in [4.78, 5) is 14.6. The molecule has 0 aliphatic carbocycles. The molecule has 2 aromatic carbocycles. The highest BCUT2D eigenvalue weighted by molar-refractivity contribution is 5.93. The maximum absolute atomic E-state index is 12.5. The average molecular weight is 354 g/mol. The van der Waals surface area contributed by atoms with Crippen LogP contribution in [0.1, 0.15) is 18.1 Å². The fourth-order valence-electron chi connectivity index (χ4n) is 3.14. The van der Waals surface area contributed by atoms with Crippen LogP contribution in [0.25, 0.3) is 0 Å². The minimum atomic E-state index is -0.0853. The standard InChI is InChI=1S/C21H26N2O3/c1-4-23(12-17-14-25-18-10-5-6-11-19(18)26-17)13-20(24)22-21-15(2)8-7-9-16(21)3/h5-11,17H,4,12-14H2,1-3H3,(H,22,24)/t17-/m0/s1. The number of aryl methyl sites for hydroxylation is 2. The minimum Gasteiger partial charge on any atom is -0.486 e. The van der Waals surface area contributed by atoms with Crippen LogP contribution in [-0.4, -0.2) is 43.2 Å². The summed E-state index contributed by atoms with van der Waals surface area (Å²) in [7, 11) is 0. The van der Waals surface area contributed by atoms with Crippen LogP contribution in [0.15, 0.2) is 42.5 Å². The number of nitrogens with one attached hydrogen (secondary N) is 1. The van der Waals surface area contributed by atoms with E-state index in [-0.39, 0.29) is 12.0 Å². The van der Waals surface area contributed by atoms with Crippen molar-refractivity contribution in [1.82, 2.24) is 4.90 Å². The summed E-state index contributed by atoms with van der Waals surface area (Å²) < 4.78 is 11.8. The van der Waals surface area contributed by atoms with Crippen LogP contribution in [0.3, 0.4) is 0 Å². The lowest BCUT2D eigenvalue weighted by Crippen LogP contribution is -2.43. The Morgan fingerprint density at radius 3 is 2.50 bits per heavy atom. The van der Waals surface area contributed by atoms with Gasteiger partial charge in [-0.05, 0) is 43.7 Å². The first-order valence-corrected chi connectivity index (χ1v) is 9.03. The van der Waals surface area contributed by atoms with E-state index in [2.05, 4.69) is 10.2 Å². The number of nitrogens with zero attached hydrogens (tertiary/aromatic N) is 1. The van der Waals surface area contributed by atoms with Gasteiger partial charge in [0.2, 0.25) is 5.91 Å². The molecule has 26 heavy (non-hydrogen) atoms. The number of carbonyl (C=O) groups excluding carboxylic acids is 1. The predicted octanol–water partition coefficient (Wildman–Crippen LogP) is 3.40. The maximum atomic E-state index is 12.5. The van der Waals surface area contributed by atoms with Gasteiger partial charge in [0, 0.05) is 12.2 Å². The Kier molecular flexibility index (Phi) is 5.78. The second-order valence-corrected chi connectivity index (χ2v) is 6.64. The summed E-state index contributed by atoms with van der Waals surface area (Å²) in [5, 5.41) is 3.04. The second-order valence-electron chi connectivity index (χ2n) is 6.64. The van der Waals surface area contributed by atoms with Gasteiger partial charge < -0.3 is 14.8 Å². The van der Waals surface area contributed by atoms with E-state index in [0.29, 0.717) is 19.7 Å². The van der Waals surface area contributed by atoms with Crippen LogP contribution >= 0.6 is 0 Å². The Balaban J connectivity index is 1.57. The average Bonchev–Trinajstić information content (AvgIpc) is 2.64. The van der Waals surface area contributed by atoms with Gasteiger partial charge in [0.05, 0.1) is 6.54 Å². The summed E-state index contributed by atoms with van der Waals surface area (Å²) >= 11 is 0.